The maximum Gasteiger partial charge on any atom is 0.345 e. The van der Waals surface area contributed by atoms with Crippen molar-refractivity contribution in [2.45, 2.75) is 26.6 Å². The standard InChI is InChI=1S/C20H18O6/c1-12(21)24-16-8-5-13(6-9-16)4-7-14-10-15(22)11-17-18(14)19(23)26-20(2,3)25-17/h4-11,22H,1-3H3/b7-4+. The van der Waals surface area contributed by atoms with Crippen LogP contribution in [0.2, 0.25) is 0 Å². The molecule has 2 aromatic carbocycles. The van der Waals surface area contributed by atoms with Gasteiger partial charge in [0.05, 0.1) is 0 Å². The van der Waals surface area contributed by atoms with Crippen molar-refractivity contribution in [3.05, 3.63) is 53.1 Å². The summed E-state index contributed by atoms with van der Waals surface area (Å²) in [5, 5.41) is 9.93. The van der Waals surface area contributed by atoms with Crippen LogP contribution in [0.5, 0.6) is 17.2 Å². The van der Waals surface area contributed by atoms with Crippen molar-refractivity contribution in [3.63, 3.8) is 0 Å². The van der Waals surface area contributed by atoms with Gasteiger partial charge in [-0.2, -0.15) is 0 Å². The lowest BCUT2D eigenvalue weighted by molar-refractivity contribution is -0.132. The van der Waals surface area contributed by atoms with Gasteiger partial charge >= 0.3 is 11.9 Å². The highest BCUT2D eigenvalue weighted by atomic mass is 16.7. The highest BCUT2D eigenvalue weighted by Crippen LogP contribution is 2.37. The summed E-state index contributed by atoms with van der Waals surface area (Å²) in [6.45, 7) is 4.58. The van der Waals surface area contributed by atoms with Gasteiger partial charge in [0.15, 0.2) is 0 Å². The van der Waals surface area contributed by atoms with E-state index in [0.717, 1.165) is 5.56 Å². The van der Waals surface area contributed by atoms with Crippen LogP contribution in [0, 0.1) is 0 Å². The first-order valence-electron chi connectivity index (χ1n) is 7.99. The number of carbonyl (C=O) groups is 2. The van der Waals surface area contributed by atoms with E-state index in [1.165, 1.54) is 19.1 Å². The molecule has 6 nitrogen and oxygen atoms in total. The minimum Gasteiger partial charge on any atom is -0.508 e. The van der Waals surface area contributed by atoms with E-state index < -0.39 is 11.8 Å². The Morgan fingerprint density at radius 2 is 1.81 bits per heavy atom. The number of cyclic esters (lactones) is 1. The third kappa shape index (κ3) is 3.85. The number of ether oxygens (including phenoxy) is 3. The molecule has 0 fully saturated rings. The summed E-state index contributed by atoms with van der Waals surface area (Å²) in [4.78, 5) is 23.3. The molecule has 0 aromatic heterocycles. The van der Waals surface area contributed by atoms with E-state index in [-0.39, 0.29) is 23.0 Å². The normalized spacial score (nSPS) is 15.1. The predicted molar refractivity (Wildman–Crippen MR) is 94.9 cm³/mol. The van der Waals surface area contributed by atoms with Crippen molar-refractivity contribution in [1.29, 1.82) is 0 Å². The third-order valence-corrected chi connectivity index (χ3v) is 3.61. The topological polar surface area (TPSA) is 82.1 Å². The molecule has 0 bridgehead atoms. The average Bonchev–Trinajstić information content (AvgIpc) is 2.51. The second-order valence-corrected chi connectivity index (χ2v) is 6.30. The van der Waals surface area contributed by atoms with E-state index in [0.29, 0.717) is 11.3 Å². The van der Waals surface area contributed by atoms with Crippen LogP contribution in [0.1, 0.15) is 42.3 Å². The molecule has 1 aliphatic heterocycles. The van der Waals surface area contributed by atoms with Crippen LogP contribution in [0.15, 0.2) is 36.4 Å². The number of hydrogen-bond donors (Lipinski definition) is 1. The van der Waals surface area contributed by atoms with Crippen LogP contribution in [0.3, 0.4) is 0 Å². The maximum atomic E-state index is 12.3. The number of benzene rings is 2. The van der Waals surface area contributed by atoms with Crippen LogP contribution < -0.4 is 9.47 Å². The lowest BCUT2D eigenvalue weighted by atomic mass is 10.0. The summed E-state index contributed by atoms with van der Waals surface area (Å²) in [6.07, 6.45) is 3.45. The van der Waals surface area contributed by atoms with E-state index in [2.05, 4.69) is 0 Å². The van der Waals surface area contributed by atoms with Crippen LogP contribution in [0.4, 0.5) is 0 Å². The van der Waals surface area contributed by atoms with Crippen molar-refractivity contribution < 1.29 is 28.9 Å². The first-order valence-corrected chi connectivity index (χ1v) is 7.99. The molecule has 0 radical (unpaired) electrons. The molecule has 134 valence electrons. The van der Waals surface area contributed by atoms with Crippen molar-refractivity contribution in [2.24, 2.45) is 0 Å². The van der Waals surface area contributed by atoms with Crippen LogP contribution >= 0.6 is 0 Å². The van der Waals surface area contributed by atoms with Gasteiger partial charge in [-0.05, 0) is 29.3 Å². The fourth-order valence-corrected chi connectivity index (χ4v) is 2.61. The van der Waals surface area contributed by atoms with Gasteiger partial charge in [-0.1, -0.05) is 24.3 Å². The molecule has 1 aliphatic rings. The monoisotopic (exact) mass is 354 g/mol. The molecule has 0 aliphatic carbocycles. The zero-order valence-corrected chi connectivity index (χ0v) is 14.6. The summed E-state index contributed by atoms with van der Waals surface area (Å²) in [5.74, 6) is -1.29. The van der Waals surface area contributed by atoms with E-state index in [4.69, 9.17) is 14.2 Å². The highest BCUT2D eigenvalue weighted by Gasteiger charge is 2.35. The molecule has 2 aromatic rings. The molecule has 6 heteroatoms. The molecule has 1 heterocycles. The summed E-state index contributed by atoms with van der Waals surface area (Å²) in [5.41, 5.74) is 1.56. The average molecular weight is 354 g/mol. The quantitative estimate of drug-likeness (QED) is 0.513. The molecule has 1 N–H and O–H groups in total. The second-order valence-electron chi connectivity index (χ2n) is 6.30. The number of rotatable bonds is 3. The van der Waals surface area contributed by atoms with Crippen LogP contribution in [-0.2, 0) is 9.53 Å². The first-order chi connectivity index (χ1) is 12.2. The largest absolute Gasteiger partial charge is 0.508 e. The Kier molecular flexibility index (Phi) is 4.42. The summed E-state index contributed by atoms with van der Waals surface area (Å²) < 4.78 is 15.9. The molecule has 0 amide bonds. The Balaban J connectivity index is 1.91. The Bertz CT molecular complexity index is 893. The SMILES string of the molecule is CC(=O)Oc1ccc(/C=C/c2cc(O)cc3c2C(=O)OC(C)(C)O3)cc1. The maximum absolute atomic E-state index is 12.3. The lowest BCUT2D eigenvalue weighted by Crippen LogP contribution is -2.39. The third-order valence-electron chi connectivity index (χ3n) is 3.61. The molecular weight excluding hydrogens is 336 g/mol. The number of carbonyl (C=O) groups excluding carboxylic acids is 2. The molecule has 0 unspecified atom stereocenters. The van der Waals surface area contributed by atoms with E-state index in [9.17, 15) is 14.7 Å². The van der Waals surface area contributed by atoms with Gasteiger partial charge in [0.2, 0.25) is 5.79 Å². The first kappa shape index (κ1) is 17.5. The number of aromatic hydroxyl groups is 1. The summed E-state index contributed by atoms with van der Waals surface area (Å²) in [6, 6.07) is 9.72. The van der Waals surface area contributed by atoms with Gasteiger partial charge in [-0.25, -0.2) is 4.79 Å². The number of fused-ring (bicyclic) bond motifs is 1. The molecule has 0 saturated carbocycles. The smallest absolute Gasteiger partial charge is 0.345 e. The van der Waals surface area contributed by atoms with Crippen molar-refractivity contribution in [3.8, 4) is 17.2 Å². The fourth-order valence-electron chi connectivity index (χ4n) is 2.61. The Morgan fingerprint density at radius 1 is 1.12 bits per heavy atom. The van der Waals surface area contributed by atoms with Gasteiger partial charge in [-0.3, -0.25) is 4.79 Å². The summed E-state index contributed by atoms with van der Waals surface area (Å²) >= 11 is 0. The zero-order chi connectivity index (χ0) is 18.9. The van der Waals surface area contributed by atoms with Gasteiger partial charge in [0, 0.05) is 26.8 Å². The Hall–Kier alpha value is -3.28. The molecule has 26 heavy (non-hydrogen) atoms. The van der Waals surface area contributed by atoms with Crippen LogP contribution in [-0.4, -0.2) is 22.8 Å². The molecule has 0 spiro atoms. The van der Waals surface area contributed by atoms with Gasteiger partial charge in [-0.15, -0.1) is 0 Å². The van der Waals surface area contributed by atoms with Crippen molar-refractivity contribution in [1.82, 2.24) is 0 Å². The number of hydrogen-bond acceptors (Lipinski definition) is 6. The number of phenolic OH excluding ortho intramolecular Hbond substituents is 1. The van der Waals surface area contributed by atoms with Crippen molar-refractivity contribution >= 4 is 24.1 Å². The molecule has 3 rings (SSSR count). The Morgan fingerprint density at radius 3 is 2.46 bits per heavy atom. The Labute approximate surface area is 150 Å². The minimum atomic E-state index is -1.09. The van der Waals surface area contributed by atoms with Gasteiger partial charge in [0.25, 0.3) is 0 Å². The molecular formula is C20H18O6. The fraction of sp³-hybridized carbons (Fsp3) is 0.200. The minimum absolute atomic E-state index is 0.0147. The second kappa shape index (κ2) is 6.55. The molecule has 0 saturated heterocycles. The van der Waals surface area contributed by atoms with Crippen LogP contribution in [0.25, 0.3) is 12.2 Å². The summed E-state index contributed by atoms with van der Waals surface area (Å²) in [7, 11) is 0. The predicted octanol–water partition coefficient (Wildman–Crippen LogP) is 3.77. The van der Waals surface area contributed by atoms with Gasteiger partial charge < -0.3 is 19.3 Å². The number of esters is 2. The number of phenols is 1. The molecule has 0 atom stereocenters. The zero-order valence-electron chi connectivity index (χ0n) is 14.6. The lowest BCUT2D eigenvalue weighted by Gasteiger charge is -2.32. The van der Waals surface area contributed by atoms with E-state index in [1.807, 2.05) is 0 Å². The van der Waals surface area contributed by atoms with E-state index in [1.54, 1.807) is 50.3 Å². The van der Waals surface area contributed by atoms with E-state index >= 15 is 0 Å². The van der Waals surface area contributed by atoms with Crippen molar-refractivity contribution in [2.75, 3.05) is 0 Å². The highest BCUT2D eigenvalue weighted by molar-refractivity contribution is 5.99. The van der Waals surface area contributed by atoms with Gasteiger partial charge in [0.1, 0.15) is 22.8 Å².